The minimum Gasteiger partial charge on any atom is -0.452 e. The largest absolute Gasteiger partial charge is 0.452 e. The van der Waals surface area contributed by atoms with Crippen molar-refractivity contribution in [1.82, 2.24) is 20.2 Å². The van der Waals surface area contributed by atoms with Crippen LogP contribution in [0.4, 0.5) is 0 Å². The molecule has 0 saturated carbocycles. The number of ether oxygens (including phenoxy) is 1. The van der Waals surface area contributed by atoms with E-state index in [-0.39, 0.29) is 6.08 Å². The van der Waals surface area contributed by atoms with Crippen LogP contribution < -0.4 is 4.74 Å². The van der Waals surface area contributed by atoms with Crippen molar-refractivity contribution in [2.45, 2.75) is 0 Å². The molecule has 1 aromatic carbocycles. The van der Waals surface area contributed by atoms with Crippen molar-refractivity contribution in [3.05, 3.63) is 29.0 Å². The minimum atomic E-state index is 0.103. The van der Waals surface area contributed by atoms with Gasteiger partial charge in [-0.15, -0.1) is 5.10 Å². The summed E-state index contributed by atoms with van der Waals surface area (Å²) in [7, 11) is 1.46. The predicted molar refractivity (Wildman–Crippen MR) is 67.1 cm³/mol. The summed E-state index contributed by atoms with van der Waals surface area (Å²) in [5.41, 5.74) is 1.39. The van der Waals surface area contributed by atoms with E-state index in [4.69, 9.17) is 9.15 Å². The molecule has 0 atom stereocenters. The van der Waals surface area contributed by atoms with Crippen molar-refractivity contribution in [1.29, 1.82) is 0 Å². The van der Waals surface area contributed by atoms with Crippen LogP contribution in [0.1, 0.15) is 0 Å². The number of rotatable bonds is 2. The van der Waals surface area contributed by atoms with E-state index in [0.29, 0.717) is 11.6 Å². The van der Waals surface area contributed by atoms with Crippen LogP contribution >= 0.6 is 15.9 Å². The highest BCUT2D eigenvalue weighted by molar-refractivity contribution is 9.10. The van der Waals surface area contributed by atoms with E-state index in [1.54, 1.807) is 0 Å². The molecule has 2 aromatic heterocycles. The fourth-order valence-electron chi connectivity index (χ4n) is 1.59. The van der Waals surface area contributed by atoms with Crippen molar-refractivity contribution < 1.29 is 9.15 Å². The number of methoxy groups -OCH3 is 1. The van der Waals surface area contributed by atoms with Crippen molar-refractivity contribution in [2.75, 3.05) is 7.11 Å². The number of aromatic nitrogens is 4. The molecule has 0 unspecified atom stereocenters. The zero-order chi connectivity index (χ0) is 12.5. The second-order valence-corrected chi connectivity index (χ2v) is 4.38. The number of hydrogen-bond acceptors (Lipinski definition) is 6. The van der Waals surface area contributed by atoms with Gasteiger partial charge in [-0.3, -0.25) is 0 Å². The second-order valence-electron chi connectivity index (χ2n) is 3.46. The molecule has 0 fully saturated rings. The van der Waals surface area contributed by atoms with E-state index in [0.717, 1.165) is 15.4 Å². The maximum Gasteiger partial charge on any atom is 0.414 e. The highest BCUT2D eigenvalue weighted by atomic mass is 79.9. The maximum absolute atomic E-state index is 5.32. The number of halogens is 1. The Morgan fingerprint density at radius 1 is 1.22 bits per heavy atom. The first-order valence-electron chi connectivity index (χ1n) is 5.06. The number of nitrogens with zero attached hydrogens (tertiary/aromatic N) is 4. The topological polar surface area (TPSA) is 73.9 Å². The van der Waals surface area contributed by atoms with Gasteiger partial charge in [-0.25, -0.2) is 9.97 Å². The molecule has 90 valence electrons. The monoisotopic (exact) mass is 306 g/mol. The lowest BCUT2D eigenvalue weighted by molar-refractivity contribution is 0.293. The van der Waals surface area contributed by atoms with Crippen LogP contribution in [-0.2, 0) is 0 Å². The Kier molecular flexibility index (Phi) is 2.67. The predicted octanol–water partition coefficient (Wildman–Crippen LogP) is 2.45. The van der Waals surface area contributed by atoms with Crippen LogP contribution in [0, 0.1) is 0 Å². The van der Waals surface area contributed by atoms with Gasteiger partial charge in [-0.2, -0.15) is 0 Å². The van der Waals surface area contributed by atoms with Gasteiger partial charge in [0.05, 0.1) is 12.6 Å². The Hall–Kier alpha value is -2.02. The Morgan fingerprint density at radius 2 is 2.11 bits per heavy atom. The zero-order valence-electron chi connectivity index (χ0n) is 9.29. The molecule has 0 spiro atoms. The molecule has 0 radical (unpaired) electrons. The fourth-order valence-corrected chi connectivity index (χ4v) is 1.95. The van der Waals surface area contributed by atoms with Gasteiger partial charge in [0.15, 0.2) is 0 Å². The summed E-state index contributed by atoms with van der Waals surface area (Å²) in [5.74, 6) is 0.303. The van der Waals surface area contributed by atoms with Gasteiger partial charge in [-0.1, -0.05) is 21.0 Å². The highest BCUT2D eigenvalue weighted by Crippen LogP contribution is 2.27. The summed E-state index contributed by atoms with van der Waals surface area (Å²) in [5, 5.41) is 8.45. The van der Waals surface area contributed by atoms with E-state index < -0.39 is 0 Å². The van der Waals surface area contributed by atoms with E-state index in [1.807, 2.05) is 18.2 Å². The van der Waals surface area contributed by atoms with Crippen LogP contribution in [0.5, 0.6) is 6.08 Å². The van der Waals surface area contributed by atoms with Crippen LogP contribution in [0.15, 0.2) is 33.4 Å². The summed E-state index contributed by atoms with van der Waals surface area (Å²) >= 11 is 3.41. The molecular weight excluding hydrogens is 300 g/mol. The molecule has 0 aliphatic carbocycles. The molecule has 2 heterocycles. The fraction of sp³-hybridized carbons (Fsp3) is 0.0909. The Morgan fingerprint density at radius 3 is 2.89 bits per heavy atom. The summed E-state index contributed by atoms with van der Waals surface area (Å²) in [6, 6.07) is 5.70. The standard InChI is InChI=1S/C11H7BrN4O2/c1-17-11-16-15-10(18-11)9-7-4-6(12)2-3-8(7)13-5-14-9/h2-5H,1H3. The smallest absolute Gasteiger partial charge is 0.414 e. The molecular formula is C11H7BrN4O2. The van der Waals surface area contributed by atoms with Crippen LogP contribution in [0.3, 0.4) is 0 Å². The summed E-state index contributed by atoms with van der Waals surface area (Å²) in [6.45, 7) is 0. The quantitative estimate of drug-likeness (QED) is 0.724. The van der Waals surface area contributed by atoms with Crippen LogP contribution in [0.2, 0.25) is 0 Å². The number of hydrogen-bond donors (Lipinski definition) is 0. The van der Waals surface area contributed by atoms with Crippen molar-refractivity contribution in [2.24, 2.45) is 0 Å². The van der Waals surface area contributed by atoms with Crippen molar-refractivity contribution in [3.63, 3.8) is 0 Å². The van der Waals surface area contributed by atoms with E-state index in [1.165, 1.54) is 13.4 Å². The SMILES string of the molecule is COc1nnc(-c2ncnc3ccc(Br)cc23)o1. The lowest BCUT2D eigenvalue weighted by atomic mass is 10.2. The first-order chi connectivity index (χ1) is 8.78. The van der Waals surface area contributed by atoms with Crippen LogP contribution in [-0.4, -0.2) is 27.3 Å². The molecule has 3 rings (SSSR count). The Labute approximate surface area is 110 Å². The molecule has 7 heteroatoms. The van der Waals surface area contributed by atoms with Gasteiger partial charge in [0.25, 0.3) is 5.89 Å². The minimum absolute atomic E-state index is 0.103. The third kappa shape index (κ3) is 1.82. The summed E-state index contributed by atoms with van der Waals surface area (Å²) in [4.78, 5) is 8.36. The van der Waals surface area contributed by atoms with Crippen LogP contribution in [0.25, 0.3) is 22.5 Å². The van der Waals surface area contributed by atoms with E-state index >= 15 is 0 Å². The van der Waals surface area contributed by atoms with Gasteiger partial charge in [0.2, 0.25) is 0 Å². The highest BCUT2D eigenvalue weighted by Gasteiger charge is 2.14. The normalized spacial score (nSPS) is 10.8. The molecule has 0 amide bonds. The van der Waals surface area contributed by atoms with Crippen molar-refractivity contribution in [3.8, 4) is 17.7 Å². The Bertz CT molecular complexity index is 713. The average Bonchev–Trinajstić information content (AvgIpc) is 2.86. The van der Waals surface area contributed by atoms with Gasteiger partial charge in [0.1, 0.15) is 12.0 Å². The second kappa shape index (κ2) is 4.34. The first kappa shape index (κ1) is 11.1. The molecule has 0 saturated heterocycles. The van der Waals surface area contributed by atoms with E-state index in [9.17, 15) is 0 Å². The van der Waals surface area contributed by atoms with Gasteiger partial charge >= 0.3 is 6.08 Å². The molecule has 0 aliphatic rings. The maximum atomic E-state index is 5.32. The number of fused-ring (bicyclic) bond motifs is 1. The lowest BCUT2D eigenvalue weighted by Crippen LogP contribution is -1.89. The molecule has 6 nitrogen and oxygen atoms in total. The van der Waals surface area contributed by atoms with Gasteiger partial charge < -0.3 is 9.15 Å². The number of benzene rings is 1. The molecule has 0 aliphatic heterocycles. The van der Waals surface area contributed by atoms with Gasteiger partial charge in [-0.05, 0) is 18.2 Å². The van der Waals surface area contributed by atoms with Crippen molar-refractivity contribution >= 4 is 26.8 Å². The molecule has 0 N–H and O–H groups in total. The lowest BCUT2D eigenvalue weighted by Gasteiger charge is -2.01. The summed E-state index contributed by atoms with van der Waals surface area (Å²) < 4.78 is 11.1. The first-order valence-corrected chi connectivity index (χ1v) is 5.85. The third-order valence-electron chi connectivity index (χ3n) is 2.38. The zero-order valence-corrected chi connectivity index (χ0v) is 10.9. The average molecular weight is 307 g/mol. The molecule has 18 heavy (non-hydrogen) atoms. The Balaban J connectivity index is 2.24. The summed E-state index contributed by atoms with van der Waals surface area (Å²) in [6.07, 6.45) is 1.56. The van der Waals surface area contributed by atoms with E-state index in [2.05, 4.69) is 36.1 Å². The molecule has 0 bridgehead atoms. The third-order valence-corrected chi connectivity index (χ3v) is 2.87. The molecule has 3 aromatic rings. The van der Waals surface area contributed by atoms with Gasteiger partial charge in [0, 0.05) is 9.86 Å².